The average Bonchev–Trinajstić information content (AvgIpc) is 2.65. The second-order valence-corrected chi connectivity index (χ2v) is 4.41. The van der Waals surface area contributed by atoms with Gasteiger partial charge >= 0.3 is 0 Å². The Bertz CT molecular complexity index is 481. The van der Waals surface area contributed by atoms with E-state index in [0.717, 1.165) is 15.9 Å². The predicted molar refractivity (Wildman–Crippen MR) is 64.4 cm³/mol. The number of aliphatic hydroxyl groups is 1. The summed E-state index contributed by atoms with van der Waals surface area (Å²) in [5.41, 5.74) is 1.81. The molecule has 15 heavy (non-hydrogen) atoms. The highest BCUT2D eigenvalue weighted by Gasteiger charge is 2.06. The molecular weight excluding hydrogens is 277 g/mol. The van der Waals surface area contributed by atoms with E-state index in [4.69, 9.17) is 16.7 Å². The summed E-state index contributed by atoms with van der Waals surface area (Å²) in [6.45, 7) is 0.0159. The summed E-state index contributed by atoms with van der Waals surface area (Å²) in [6, 6.07) is 9.33. The quantitative estimate of drug-likeness (QED) is 0.899. The Morgan fingerprint density at radius 2 is 2.13 bits per heavy atom. The lowest BCUT2D eigenvalue weighted by Gasteiger charge is -2.09. The third-order valence-electron chi connectivity index (χ3n) is 2.16. The first kappa shape index (κ1) is 10.7. The monoisotopic (exact) mass is 285 g/mol. The average molecular weight is 287 g/mol. The molecule has 0 saturated heterocycles. The standard InChI is InChI=1S/C11H9BrClNO/c12-10-6-8(13)3-4-11(10)14-5-1-2-9(14)7-15/h1-6,15H,7H2. The normalized spacial score (nSPS) is 10.6. The van der Waals surface area contributed by atoms with Crippen molar-refractivity contribution in [3.05, 3.63) is 51.7 Å². The molecule has 0 aliphatic rings. The fourth-order valence-corrected chi connectivity index (χ4v) is 2.33. The molecule has 1 heterocycles. The van der Waals surface area contributed by atoms with Crippen molar-refractivity contribution < 1.29 is 5.11 Å². The number of nitrogens with zero attached hydrogens (tertiary/aromatic N) is 1. The Kier molecular flexibility index (Phi) is 3.14. The molecule has 2 aromatic rings. The SMILES string of the molecule is OCc1cccn1-c1ccc(Cl)cc1Br. The number of hydrogen-bond acceptors (Lipinski definition) is 1. The summed E-state index contributed by atoms with van der Waals surface area (Å²) in [6.07, 6.45) is 1.90. The largest absolute Gasteiger partial charge is 0.390 e. The summed E-state index contributed by atoms with van der Waals surface area (Å²) in [4.78, 5) is 0. The molecule has 0 amide bonds. The zero-order valence-corrected chi connectivity index (χ0v) is 10.2. The summed E-state index contributed by atoms with van der Waals surface area (Å²) >= 11 is 9.31. The van der Waals surface area contributed by atoms with Crippen molar-refractivity contribution >= 4 is 27.5 Å². The van der Waals surface area contributed by atoms with Crippen molar-refractivity contribution in [2.45, 2.75) is 6.61 Å². The molecular formula is C11H9BrClNO. The fourth-order valence-electron chi connectivity index (χ4n) is 1.46. The first-order valence-electron chi connectivity index (χ1n) is 4.45. The van der Waals surface area contributed by atoms with Gasteiger partial charge in [-0.2, -0.15) is 0 Å². The number of rotatable bonds is 2. The van der Waals surface area contributed by atoms with E-state index < -0.39 is 0 Å². The molecule has 0 saturated carbocycles. The fraction of sp³-hybridized carbons (Fsp3) is 0.0909. The minimum Gasteiger partial charge on any atom is -0.390 e. The molecule has 0 spiro atoms. The van der Waals surface area contributed by atoms with Crippen LogP contribution in [-0.4, -0.2) is 9.67 Å². The van der Waals surface area contributed by atoms with Crippen molar-refractivity contribution in [3.8, 4) is 5.69 Å². The Morgan fingerprint density at radius 1 is 1.33 bits per heavy atom. The van der Waals surface area contributed by atoms with E-state index in [2.05, 4.69) is 15.9 Å². The van der Waals surface area contributed by atoms with Gasteiger partial charge in [0, 0.05) is 21.4 Å². The Morgan fingerprint density at radius 3 is 2.80 bits per heavy atom. The minimum absolute atomic E-state index is 0.0159. The third kappa shape index (κ3) is 2.09. The maximum atomic E-state index is 9.15. The van der Waals surface area contributed by atoms with Crippen molar-refractivity contribution in [2.24, 2.45) is 0 Å². The maximum Gasteiger partial charge on any atom is 0.0836 e. The van der Waals surface area contributed by atoms with Gasteiger partial charge in [-0.1, -0.05) is 11.6 Å². The van der Waals surface area contributed by atoms with E-state index >= 15 is 0 Å². The van der Waals surface area contributed by atoms with Crippen LogP contribution in [0.5, 0.6) is 0 Å². The zero-order valence-electron chi connectivity index (χ0n) is 7.82. The molecule has 0 unspecified atom stereocenters. The van der Waals surface area contributed by atoms with E-state index in [1.807, 2.05) is 41.1 Å². The number of aromatic nitrogens is 1. The van der Waals surface area contributed by atoms with Crippen LogP contribution in [0.2, 0.25) is 5.02 Å². The van der Waals surface area contributed by atoms with Gasteiger partial charge in [0.25, 0.3) is 0 Å². The van der Waals surface area contributed by atoms with Gasteiger partial charge in [-0.05, 0) is 46.3 Å². The lowest BCUT2D eigenvalue weighted by molar-refractivity contribution is 0.274. The van der Waals surface area contributed by atoms with E-state index in [1.165, 1.54) is 0 Å². The van der Waals surface area contributed by atoms with Gasteiger partial charge in [0.1, 0.15) is 0 Å². The lowest BCUT2D eigenvalue weighted by Crippen LogP contribution is -1.99. The van der Waals surface area contributed by atoms with E-state index in [-0.39, 0.29) is 6.61 Å². The molecule has 0 fully saturated rings. The van der Waals surface area contributed by atoms with Crippen molar-refractivity contribution in [1.82, 2.24) is 4.57 Å². The minimum atomic E-state index is 0.0159. The van der Waals surface area contributed by atoms with E-state index in [0.29, 0.717) is 5.02 Å². The molecule has 0 bridgehead atoms. The molecule has 1 aromatic carbocycles. The third-order valence-corrected chi connectivity index (χ3v) is 3.03. The molecule has 0 radical (unpaired) electrons. The number of hydrogen-bond donors (Lipinski definition) is 1. The van der Waals surface area contributed by atoms with Crippen molar-refractivity contribution in [3.63, 3.8) is 0 Å². The van der Waals surface area contributed by atoms with Gasteiger partial charge in [0.15, 0.2) is 0 Å². The first-order chi connectivity index (χ1) is 7.22. The van der Waals surface area contributed by atoms with Crippen LogP contribution in [0.1, 0.15) is 5.69 Å². The lowest BCUT2D eigenvalue weighted by atomic mass is 10.3. The second-order valence-electron chi connectivity index (χ2n) is 3.12. The van der Waals surface area contributed by atoms with Gasteiger partial charge in [-0.25, -0.2) is 0 Å². The van der Waals surface area contributed by atoms with Crippen molar-refractivity contribution in [1.29, 1.82) is 0 Å². The van der Waals surface area contributed by atoms with Gasteiger partial charge in [0.2, 0.25) is 0 Å². The van der Waals surface area contributed by atoms with Crippen LogP contribution in [0.25, 0.3) is 5.69 Å². The van der Waals surface area contributed by atoms with Crippen molar-refractivity contribution in [2.75, 3.05) is 0 Å². The highest BCUT2D eigenvalue weighted by Crippen LogP contribution is 2.26. The molecule has 1 aromatic heterocycles. The van der Waals surface area contributed by atoms with Gasteiger partial charge in [0.05, 0.1) is 12.3 Å². The number of aliphatic hydroxyl groups excluding tert-OH is 1. The molecule has 0 aliphatic carbocycles. The predicted octanol–water partition coefficient (Wildman–Crippen LogP) is 3.39. The summed E-state index contributed by atoms with van der Waals surface area (Å²) in [7, 11) is 0. The van der Waals surface area contributed by atoms with E-state index in [1.54, 1.807) is 0 Å². The van der Waals surface area contributed by atoms with Gasteiger partial charge in [-0.15, -0.1) is 0 Å². The van der Waals surface area contributed by atoms with Gasteiger partial charge in [-0.3, -0.25) is 0 Å². The highest BCUT2D eigenvalue weighted by molar-refractivity contribution is 9.10. The van der Waals surface area contributed by atoms with Crippen LogP contribution in [0.3, 0.4) is 0 Å². The molecule has 78 valence electrons. The second kappa shape index (κ2) is 4.39. The topological polar surface area (TPSA) is 25.2 Å². The molecule has 1 N–H and O–H groups in total. The highest BCUT2D eigenvalue weighted by atomic mass is 79.9. The Balaban J connectivity index is 2.54. The number of benzene rings is 1. The summed E-state index contributed by atoms with van der Waals surface area (Å²) in [5, 5.41) is 9.84. The van der Waals surface area contributed by atoms with E-state index in [9.17, 15) is 0 Å². The maximum absolute atomic E-state index is 9.15. The zero-order chi connectivity index (χ0) is 10.8. The van der Waals surface area contributed by atoms with Crippen LogP contribution >= 0.6 is 27.5 Å². The molecule has 0 atom stereocenters. The summed E-state index contributed by atoms with van der Waals surface area (Å²) < 4.78 is 2.82. The smallest absolute Gasteiger partial charge is 0.0836 e. The van der Waals surface area contributed by atoms with Crippen LogP contribution in [0.4, 0.5) is 0 Å². The molecule has 2 nitrogen and oxygen atoms in total. The Labute approximate surface area is 101 Å². The molecule has 0 aliphatic heterocycles. The number of halogens is 2. The van der Waals surface area contributed by atoms with Crippen LogP contribution in [0, 0.1) is 0 Å². The molecule has 4 heteroatoms. The van der Waals surface area contributed by atoms with Crippen LogP contribution in [-0.2, 0) is 6.61 Å². The first-order valence-corrected chi connectivity index (χ1v) is 5.62. The summed E-state index contributed by atoms with van der Waals surface area (Å²) in [5.74, 6) is 0. The Hall–Kier alpha value is -0.770. The van der Waals surface area contributed by atoms with Crippen LogP contribution < -0.4 is 0 Å². The van der Waals surface area contributed by atoms with Gasteiger partial charge < -0.3 is 9.67 Å². The molecule has 2 rings (SSSR count). The van der Waals surface area contributed by atoms with Crippen LogP contribution in [0.15, 0.2) is 41.0 Å².